The third-order valence-electron chi connectivity index (χ3n) is 6.11. The lowest BCUT2D eigenvalue weighted by Gasteiger charge is -2.16. The molecular weight excluding hydrogens is 444 g/mol. The van der Waals surface area contributed by atoms with E-state index in [1.807, 2.05) is 52.6 Å². The Morgan fingerprint density at radius 3 is 2.00 bits per heavy atom. The fourth-order valence-electron chi connectivity index (χ4n) is 3.99. The standard InChI is InChI=1S/C31H38N4O/c1-24(9-6-10-25-11-8-22-32-23-25)33-31(36)13-7-12-30(26-14-18-28(19-15-26)34(2)3)27-16-20-29(21-17-27)35(4)5/h7-8,11-24H,6,9-10H2,1-5H3,(H,33,36)/b13-7+. The number of anilines is 2. The topological polar surface area (TPSA) is 48.5 Å². The Morgan fingerprint density at radius 2 is 1.50 bits per heavy atom. The summed E-state index contributed by atoms with van der Waals surface area (Å²) in [6.07, 6.45) is 12.1. The molecule has 0 aliphatic heterocycles. The fraction of sp³-hybridized carbons (Fsp3) is 0.290. The molecule has 36 heavy (non-hydrogen) atoms. The number of amides is 1. The average Bonchev–Trinajstić information content (AvgIpc) is 2.87. The van der Waals surface area contributed by atoms with E-state index in [1.54, 1.807) is 12.3 Å². The first-order chi connectivity index (χ1) is 17.3. The Balaban J connectivity index is 1.68. The molecule has 0 fully saturated rings. The van der Waals surface area contributed by atoms with Crippen molar-refractivity contribution in [3.63, 3.8) is 0 Å². The van der Waals surface area contributed by atoms with Crippen LogP contribution in [0.3, 0.4) is 0 Å². The monoisotopic (exact) mass is 482 g/mol. The summed E-state index contributed by atoms with van der Waals surface area (Å²) >= 11 is 0. The van der Waals surface area contributed by atoms with E-state index in [2.05, 4.69) is 81.6 Å². The predicted octanol–water partition coefficient (Wildman–Crippen LogP) is 5.73. The molecule has 0 radical (unpaired) electrons. The quantitative estimate of drug-likeness (QED) is 0.280. The first-order valence-corrected chi connectivity index (χ1v) is 12.5. The molecule has 1 aromatic heterocycles. The smallest absolute Gasteiger partial charge is 0.244 e. The molecule has 0 bridgehead atoms. The summed E-state index contributed by atoms with van der Waals surface area (Å²) in [4.78, 5) is 20.9. The largest absolute Gasteiger partial charge is 0.378 e. The lowest BCUT2D eigenvalue weighted by molar-refractivity contribution is -0.117. The highest BCUT2D eigenvalue weighted by Crippen LogP contribution is 2.27. The minimum absolute atomic E-state index is 0.0783. The van der Waals surface area contributed by atoms with Crippen molar-refractivity contribution in [2.45, 2.75) is 32.2 Å². The van der Waals surface area contributed by atoms with Crippen molar-refractivity contribution < 1.29 is 4.79 Å². The van der Waals surface area contributed by atoms with Gasteiger partial charge in [0, 0.05) is 64.1 Å². The van der Waals surface area contributed by atoms with Crippen LogP contribution in [0.4, 0.5) is 11.4 Å². The van der Waals surface area contributed by atoms with Crippen molar-refractivity contribution in [1.82, 2.24) is 10.3 Å². The van der Waals surface area contributed by atoms with Gasteiger partial charge in [-0.25, -0.2) is 0 Å². The Morgan fingerprint density at radius 1 is 0.917 bits per heavy atom. The van der Waals surface area contributed by atoms with E-state index in [9.17, 15) is 4.79 Å². The van der Waals surface area contributed by atoms with E-state index in [-0.39, 0.29) is 11.9 Å². The number of aryl methyl sites for hydroxylation is 1. The van der Waals surface area contributed by atoms with Gasteiger partial charge in [-0.3, -0.25) is 9.78 Å². The predicted molar refractivity (Wildman–Crippen MR) is 153 cm³/mol. The molecule has 0 saturated heterocycles. The van der Waals surface area contributed by atoms with E-state index in [0.29, 0.717) is 0 Å². The zero-order valence-corrected chi connectivity index (χ0v) is 22.1. The van der Waals surface area contributed by atoms with E-state index >= 15 is 0 Å². The molecular formula is C31H38N4O. The van der Waals surface area contributed by atoms with Gasteiger partial charge in [0.05, 0.1) is 0 Å². The lowest BCUT2D eigenvalue weighted by Crippen LogP contribution is -2.31. The third-order valence-corrected chi connectivity index (χ3v) is 6.11. The van der Waals surface area contributed by atoms with E-state index < -0.39 is 0 Å². The van der Waals surface area contributed by atoms with Gasteiger partial charge in [-0.1, -0.05) is 42.5 Å². The summed E-state index contributed by atoms with van der Waals surface area (Å²) in [6.45, 7) is 2.05. The van der Waals surface area contributed by atoms with Crippen molar-refractivity contribution in [3.05, 3.63) is 108 Å². The first kappa shape index (κ1) is 26.7. The van der Waals surface area contributed by atoms with Gasteiger partial charge in [0.1, 0.15) is 0 Å². The third kappa shape index (κ3) is 8.12. The maximum absolute atomic E-state index is 12.5. The van der Waals surface area contributed by atoms with Crippen molar-refractivity contribution >= 4 is 22.9 Å². The van der Waals surface area contributed by atoms with Gasteiger partial charge in [0.2, 0.25) is 5.91 Å². The molecule has 1 heterocycles. The second-order valence-corrected chi connectivity index (χ2v) is 9.49. The molecule has 1 atom stereocenters. The Kier molecular flexibility index (Phi) is 9.87. The molecule has 0 saturated carbocycles. The molecule has 2 aromatic carbocycles. The SMILES string of the molecule is CC(CCCc1cccnc1)NC(=O)/C=C/C=C(c1ccc(N(C)C)cc1)c1ccc(N(C)C)cc1. The molecule has 1 amide bonds. The Bertz CT molecular complexity index is 1090. The maximum Gasteiger partial charge on any atom is 0.244 e. The summed E-state index contributed by atoms with van der Waals surface area (Å²) in [7, 11) is 8.14. The number of hydrogen-bond acceptors (Lipinski definition) is 4. The summed E-state index contributed by atoms with van der Waals surface area (Å²) < 4.78 is 0. The van der Waals surface area contributed by atoms with Gasteiger partial charge < -0.3 is 15.1 Å². The van der Waals surface area contributed by atoms with Gasteiger partial charge in [-0.15, -0.1) is 0 Å². The zero-order valence-electron chi connectivity index (χ0n) is 22.1. The molecule has 1 N–H and O–H groups in total. The molecule has 5 nitrogen and oxygen atoms in total. The van der Waals surface area contributed by atoms with E-state index in [0.717, 1.165) is 47.3 Å². The van der Waals surface area contributed by atoms with Crippen LogP contribution >= 0.6 is 0 Å². The van der Waals surface area contributed by atoms with Crippen LogP contribution in [0.25, 0.3) is 5.57 Å². The molecule has 3 aromatic rings. The van der Waals surface area contributed by atoms with Crippen molar-refractivity contribution in [3.8, 4) is 0 Å². The second kappa shape index (κ2) is 13.3. The first-order valence-electron chi connectivity index (χ1n) is 12.5. The fourth-order valence-corrected chi connectivity index (χ4v) is 3.99. The van der Waals surface area contributed by atoms with Crippen molar-refractivity contribution in [2.24, 2.45) is 0 Å². The van der Waals surface area contributed by atoms with Gasteiger partial charge in [0.25, 0.3) is 0 Å². The van der Waals surface area contributed by atoms with Crippen LogP contribution in [0.15, 0.2) is 91.3 Å². The van der Waals surface area contributed by atoms with Crippen molar-refractivity contribution in [1.29, 1.82) is 0 Å². The number of pyridine rings is 1. The minimum Gasteiger partial charge on any atom is -0.378 e. The Labute approximate surface area is 216 Å². The van der Waals surface area contributed by atoms with Crippen LogP contribution in [-0.4, -0.2) is 45.1 Å². The van der Waals surface area contributed by atoms with Gasteiger partial charge in [-0.2, -0.15) is 0 Å². The number of carbonyl (C=O) groups is 1. The second-order valence-electron chi connectivity index (χ2n) is 9.49. The summed E-state index contributed by atoms with van der Waals surface area (Å²) in [6, 6.07) is 21.1. The van der Waals surface area contributed by atoms with Crippen LogP contribution < -0.4 is 15.1 Å². The lowest BCUT2D eigenvalue weighted by atomic mass is 9.96. The maximum atomic E-state index is 12.5. The number of rotatable bonds is 11. The number of hydrogen-bond donors (Lipinski definition) is 1. The average molecular weight is 483 g/mol. The molecule has 0 aliphatic rings. The number of carbonyl (C=O) groups excluding carboxylic acids is 1. The molecule has 3 rings (SSSR count). The number of allylic oxidation sites excluding steroid dienone is 2. The van der Waals surface area contributed by atoms with Crippen molar-refractivity contribution in [2.75, 3.05) is 38.0 Å². The van der Waals surface area contributed by atoms with Crippen LogP contribution in [0.2, 0.25) is 0 Å². The van der Waals surface area contributed by atoms with E-state index in [1.165, 1.54) is 5.56 Å². The summed E-state index contributed by atoms with van der Waals surface area (Å²) in [5.74, 6) is -0.0783. The molecule has 0 spiro atoms. The van der Waals surface area contributed by atoms with Crippen LogP contribution in [-0.2, 0) is 11.2 Å². The highest BCUT2D eigenvalue weighted by molar-refractivity contribution is 5.89. The highest BCUT2D eigenvalue weighted by atomic mass is 16.1. The molecule has 5 heteroatoms. The molecule has 1 unspecified atom stereocenters. The van der Waals surface area contributed by atoms with Crippen LogP contribution in [0, 0.1) is 0 Å². The number of nitrogens with zero attached hydrogens (tertiary/aromatic N) is 3. The van der Waals surface area contributed by atoms with E-state index in [4.69, 9.17) is 0 Å². The van der Waals surface area contributed by atoms with Gasteiger partial charge in [0.15, 0.2) is 0 Å². The number of nitrogens with one attached hydrogen (secondary N) is 1. The van der Waals surface area contributed by atoms with Crippen LogP contribution in [0.5, 0.6) is 0 Å². The molecule has 0 aliphatic carbocycles. The normalized spacial score (nSPS) is 11.7. The molecule has 188 valence electrons. The summed E-state index contributed by atoms with van der Waals surface area (Å²) in [5.41, 5.74) is 6.80. The van der Waals surface area contributed by atoms with Crippen LogP contribution in [0.1, 0.15) is 36.5 Å². The summed E-state index contributed by atoms with van der Waals surface area (Å²) in [5, 5.41) is 3.08. The van der Waals surface area contributed by atoms with Gasteiger partial charge in [-0.05, 0) is 78.8 Å². The number of benzene rings is 2. The Hall–Kier alpha value is -3.86. The highest BCUT2D eigenvalue weighted by Gasteiger charge is 2.08. The zero-order chi connectivity index (χ0) is 25.9. The van der Waals surface area contributed by atoms with Gasteiger partial charge >= 0.3 is 0 Å². The number of aromatic nitrogens is 1. The minimum atomic E-state index is -0.0783.